The average Bonchev–Trinajstić information content (AvgIpc) is 2.57. The highest BCUT2D eigenvalue weighted by Crippen LogP contribution is 2.20. The zero-order valence-corrected chi connectivity index (χ0v) is 14.5. The van der Waals surface area contributed by atoms with Crippen molar-refractivity contribution in [1.82, 2.24) is 4.90 Å². The predicted molar refractivity (Wildman–Crippen MR) is 90.6 cm³/mol. The Morgan fingerprint density at radius 1 is 1.17 bits per heavy atom. The Kier molecular flexibility index (Phi) is 9.33. The topological polar surface area (TPSA) is 59.0 Å². The van der Waals surface area contributed by atoms with Crippen molar-refractivity contribution < 1.29 is 19.4 Å². The lowest BCUT2D eigenvalue weighted by atomic mass is 10.1. The second-order valence-corrected chi connectivity index (χ2v) is 5.47. The number of benzene rings is 1. The zero-order chi connectivity index (χ0) is 17.1. The van der Waals surface area contributed by atoms with E-state index in [1.54, 1.807) is 7.11 Å². The van der Waals surface area contributed by atoms with Crippen molar-refractivity contribution in [3.8, 4) is 5.75 Å². The number of aliphatic hydroxyl groups is 1. The number of methoxy groups -OCH3 is 1. The Labute approximate surface area is 139 Å². The molecule has 1 N–H and O–H groups in total. The Bertz CT molecular complexity index is 447. The highest BCUT2D eigenvalue weighted by Gasteiger charge is 2.12. The number of hydrogen-bond acceptors (Lipinski definition) is 5. The SMILES string of the molecule is CCCN(CCC(=O)OCC)CCC(O)c1ccc(OC)cc1. The highest BCUT2D eigenvalue weighted by molar-refractivity contribution is 5.69. The number of carbonyl (C=O) groups excluding carboxylic acids is 1. The number of hydrogen-bond donors (Lipinski definition) is 1. The summed E-state index contributed by atoms with van der Waals surface area (Å²) in [6.45, 7) is 6.67. The molecule has 0 aliphatic heterocycles. The van der Waals surface area contributed by atoms with E-state index in [1.807, 2.05) is 31.2 Å². The van der Waals surface area contributed by atoms with Crippen molar-refractivity contribution in [2.75, 3.05) is 33.4 Å². The molecule has 5 nitrogen and oxygen atoms in total. The Hall–Kier alpha value is -1.59. The molecule has 0 aliphatic rings. The van der Waals surface area contributed by atoms with Gasteiger partial charge in [-0.15, -0.1) is 0 Å². The molecule has 0 amide bonds. The van der Waals surface area contributed by atoms with Gasteiger partial charge in [-0.1, -0.05) is 19.1 Å². The number of ether oxygens (including phenoxy) is 2. The number of nitrogens with zero attached hydrogens (tertiary/aromatic N) is 1. The van der Waals surface area contributed by atoms with E-state index in [0.29, 0.717) is 26.0 Å². The van der Waals surface area contributed by atoms with E-state index in [2.05, 4.69) is 11.8 Å². The van der Waals surface area contributed by atoms with E-state index in [1.165, 1.54) is 0 Å². The third-order valence-corrected chi connectivity index (χ3v) is 3.70. The molecular weight excluding hydrogens is 294 g/mol. The molecule has 1 aromatic carbocycles. The molecule has 0 aromatic heterocycles. The molecule has 1 unspecified atom stereocenters. The first-order valence-electron chi connectivity index (χ1n) is 8.30. The maximum atomic E-state index is 11.5. The first kappa shape index (κ1) is 19.5. The van der Waals surface area contributed by atoms with Crippen molar-refractivity contribution in [2.24, 2.45) is 0 Å². The van der Waals surface area contributed by atoms with Crippen LogP contribution >= 0.6 is 0 Å². The number of carbonyl (C=O) groups is 1. The van der Waals surface area contributed by atoms with Crippen LogP contribution in [0.15, 0.2) is 24.3 Å². The number of esters is 1. The molecular formula is C18H29NO4. The summed E-state index contributed by atoms with van der Waals surface area (Å²) < 4.78 is 10.1. The minimum absolute atomic E-state index is 0.163. The lowest BCUT2D eigenvalue weighted by Gasteiger charge is -2.23. The van der Waals surface area contributed by atoms with E-state index in [4.69, 9.17) is 9.47 Å². The summed E-state index contributed by atoms with van der Waals surface area (Å²) in [5.41, 5.74) is 0.882. The quantitative estimate of drug-likeness (QED) is 0.635. The molecule has 0 fully saturated rings. The highest BCUT2D eigenvalue weighted by atomic mass is 16.5. The number of rotatable bonds is 11. The minimum Gasteiger partial charge on any atom is -0.497 e. The van der Waals surface area contributed by atoms with Gasteiger partial charge in [0.15, 0.2) is 0 Å². The summed E-state index contributed by atoms with van der Waals surface area (Å²) in [6, 6.07) is 7.46. The molecule has 0 radical (unpaired) electrons. The maximum absolute atomic E-state index is 11.5. The zero-order valence-electron chi connectivity index (χ0n) is 14.5. The van der Waals surface area contributed by atoms with Gasteiger partial charge < -0.3 is 19.5 Å². The van der Waals surface area contributed by atoms with E-state index >= 15 is 0 Å². The van der Waals surface area contributed by atoms with Gasteiger partial charge >= 0.3 is 5.97 Å². The van der Waals surface area contributed by atoms with Crippen molar-refractivity contribution in [3.63, 3.8) is 0 Å². The molecule has 0 saturated heterocycles. The van der Waals surface area contributed by atoms with E-state index in [9.17, 15) is 9.90 Å². The summed E-state index contributed by atoms with van der Waals surface area (Å²) in [5.74, 6) is 0.618. The predicted octanol–water partition coefficient (Wildman–Crippen LogP) is 2.78. The van der Waals surface area contributed by atoms with Crippen LogP contribution in [0.1, 0.15) is 44.8 Å². The third kappa shape index (κ3) is 7.48. The summed E-state index contributed by atoms with van der Waals surface area (Å²) in [5, 5.41) is 10.3. The summed E-state index contributed by atoms with van der Waals surface area (Å²) in [7, 11) is 1.62. The van der Waals surface area contributed by atoms with Crippen LogP contribution in [-0.4, -0.2) is 49.3 Å². The van der Waals surface area contributed by atoms with Gasteiger partial charge in [0.1, 0.15) is 5.75 Å². The average molecular weight is 323 g/mol. The fourth-order valence-corrected chi connectivity index (χ4v) is 2.43. The largest absolute Gasteiger partial charge is 0.497 e. The van der Waals surface area contributed by atoms with Crippen molar-refractivity contribution in [2.45, 2.75) is 39.2 Å². The first-order valence-corrected chi connectivity index (χ1v) is 8.30. The van der Waals surface area contributed by atoms with Crippen LogP contribution in [0.5, 0.6) is 5.75 Å². The Morgan fingerprint density at radius 3 is 2.43 bits per heavy atom. The molecule has 1 atom stereocenters. The van der Waals surface area contributed by atoms with Gasteiger partial charge in [-0.3, -0.25) is 4.79 Å². The van der Waals surface area contributed by atoms with Crippen LogP contribution in [0.4, 0.5) is 0 Å². The summed E-state index contributed by atoms with van der Waals surface area (Å²) in [4.78, 5) is 13.7. The van der Waals surface area contributed by atoms with Crippen molar-refractivity contribution in [3.05, 3.63) is 29.8 Å². The molecule has 1 rings (SSSR count). The Morgan fingerprint density at radius 2 is 1.87 bits per heavy atom. The molecule has 130 valence electrons. The lowest BCUT2D eigenvalue weighted by molar-refractivity contribution is -0.143. The van der Waals surface area contributed by atoms with E-state index in [-0.39, 0.29) is 5.97 Å². The normalized spacial score (nSPS) is 12.2. The van der Waals surface area contributed by atoms with Gasteiger partial charge in [0, 0.05) is 13.1 Å². The van der Waals surface area contributed by atoms with Gasteiger partial charge in [-0.05, 0) is 44.0 Å². The fourth-order valence-electron chi connectivity index (χ4n) is 2.43. The second kappa shape index (κ2) is 11.0. The van der Waals surface area contributed by atoms with Gasteiger partial charge in [0.2, 0.25) is 0 Å². The third-order valence-electron chi connectivity index (χ3n) is 3.70. The lowest BCUT2D eigenvalue weighted by Crippen LogP contribution is -2.29. The van der Waals surface area contributed by atoms with Crippen LogP contribution in [-0.2, 0) is 9.53 Å². The summed E-state index contributed by atoms with van der Waals surface area (Å²) in [6.07, 6.45) is 1.53. The molecule has 0 bridgehead atoms. The molecule has 0 saturated carbocycles. The first-order chi connectivity index (χ1) is 11.1. The second-order valence-electron chi connectivity index (χ2n) is 5.47. The van der Waals surface area contributed by atoms with Crippen LogP contribution in [0, 0.1) is 0 Å². The van der Waals surface area contributed by atoms with Crippen LogP contribution in [0.3, 0.4) is 0 Å². The van der Waals surface area contributed by atoms with E-state index in [0.717, 1.165) is 30.8 Å². The molecule has 0 aliphatic carbocycles. The number of aliphatic hydroxyl groups excluding tert-OH is 1. The molecule has 0 spiro atoms. The van der Waals surface area contributed by atoms with Gasteiger partial charge in [0.05, 0.1) is 26.2 Å². The van der Waals surface area contributed by atoms with Crippen molar-refractivity contribution >= 4 is 5.97 Å². The smallest absolute Gasteiger partial charge is 0.307 e. The van der Waals surface area contributed by atoms with E-state index < -0.39 is 6.10 Å². The maximum Gasteiger partial charge on any atom is 0.307 e. The van der Waals surface area contributed by atoms with Crippen LogP contribution < -0.4 is 4.74 Å². The van der Waals surface area contributed by atoms with Crippen LogP contribution in [0.2, 0.25) is 0 Å². The molecule has 1 aromatic rings. The monoisotopic (exact) mass is 323 g/mol. The summed E-state index contributed by atoms with van der Waals surface area (Å²) >= 11 is 0. The Balaban J connectivity index is 2.44. The van der Waals surface area contributed by atoms with Gasteiger partial charge in [0.25, 0.3) is 0 Å². The molecule has 0 heterocycles. The standard InChI is InChI=1S/C18H29NO4/c1-4-12-19(14-11-18(21)23-5-2)13-10-17(20)15-6-8-16(22-3)9-7-15/h6-9,17,20H,4-5,10-14H2,1-3H3. The van der Waals surface area contributed by atoms with Crippen molar-refractivity contribution in [1.29, 1.82) is 0 Å². The molecule has 5 heteroatoms. The fraction of sp³-hybridized carbons (Fsp3) is 0.611. The van der Waals surface area contributed by atoms with Crippen LogP contribution in [0.25, 0.3) is 0 Å². The molecule has 23 heavy (non-hydrogen) atoms. The van der Waals surface area contributed by atoms with Gasteiger partial charge in [-0.25, -0.2) is 0 Å². The van der Waals surface area contributed by atoms with Gasteiger partial charge in [-0.2, -0.15) is 0 Å². The minimum atomic E-state index is -0.511.